The summed E-state index contributed by atoms with van der Waals surface area (Å²) in [5.41, 5.74) is 0.0578. The highest BCUT2D eigenvalue weighted by Gasteiger charge is 2.31. The van der Waals surface area contributed by atoms with Gasteiger partial charge in [0.25, 0.3) is 5.91 Å². The molecule has 0 aliphatic carbocycles. The normalized spacial score (nSPS) is 26.7. The minimum Gasteiger partial charge on any atom is -0.367 e. The molecule has 2 N–H and O–H groups in total. The zero-order chi connectivity index (χ0) is 13.9. The summed E-state index contributed by atoms with van der Waals surface area (Å²) in [6.07, 6.45) is 7.71. The van der Waals surface area contributed by atoms with Gasteiger partial charge in [0.1, 0.15) is 5.56 Å². The molecule has 2 aliphatic rings. The Kier molecular flexibility index (Phi) is 3.87. The lowest BCUT2D eigenvalue weighted by atomic mass is 9.89. The van der Waals surface area contributed by atoms with E-state index in [-0.39, 0.29) is 16.9 Å². The van der Waals surface area contributed by atoms with Crippen LogP contribution in [0.25, 0.3) is 0 Å². The van der Waals surface area contributed by atoms with E-state index in [1.54, 1.807) is 6.20 Å². The Morgan fingerprint density at radius 3 is 2.95 bits per heavy atom. The summed E-state index contributed by atoms with van der Waals surface area (Å²) in [5.74, 6) is 0.396. The smallest absolute Gasteiger partial charge is 0.259 e. The molecule has 2 fully saturated rings. The molecule has 20 heavy (non-hydrogen) atoms. The molecular formula is C15H21N3O2. The van der Waals surface area contributed by atoms with E-state index in [0.29, 0.717) is 12.0 Å². The van der Waals surface area contributed by atoms with Crippen molar-refractivity contribution < 1.29 is 4.79 Å². The molecule has 2 saturated heterocycles. The van der Waals surface area contributed by atoms with E-state index in [2.05, 4.69) is 10.3 Å². The van der Waals surface area contributed by atoms with Crippen molar-refractivity contribution in [1.82, 2.24) is 15.2 Å². The number of amides is 1. The highest BCUT2D eigenvalue weighted by atomic mass is 16.2. The van der Waals surface area contributed by atoms with Gasteiger partial charge in [0, 0.05) is 37.6 Å². The molecule has 1 amide bonds. The van der Waals surface area contributed by atoms with Crippen molar-refractivity contribution in [3.8, 4) is 0 Å². The van der Waals surface area contributed by atoms with Crippen LogP contribution in [0.4, 0.5) is 0 Å². The lowest BCUT2D eigenvalue weighted by Crippen LogP contribution is -2.46. The van der Waals surface area contributed by atoms with Gasteiger partial charge in [-0.1, -0.05) is 0 Å². The van der Waals surface area contributed by atoms with Crippen LogP contribution in [-0.2, 0) is 0 Å². The summed E-state index contributed by atoms with van der Waals surface area (Å²) in [7, 11) is 0. The number of H-pyrrole nitrogens is 1. The fraction of sp³-hybridized carbons (Fsp3) is 0.600. The molecule has 2 aliphatic heterocycles. The predicted molar refractivity (Wildman–Crippen MR) is 76.7 cm³/mol. The summed E-state index contributed by atoms with van der Waals surface area (Å²) < 4.78 is 0. The van der Waals surface area contributed by atoms with Crippen molar-refractivity contribution in [2.75, 3.05) is 19.6 Å². The van der Waals surface area contributed by atoms with Gasteiger partial charge in [-0.25, -0.2) is 0 Å². The maximum atomic E-state index is 12.5. The van der Waals surface area contributed by atoms with Crippen molar-refractivity contribution in [3.05, 3.63) is 34.2 Å². The molecule has 0 spiro atoms. The quantitative estimate of drug-likeness (QED) is 0.845. The van der Waals surface area contributed by atoms with Gasteiger partial charge in [-0.15, -0.1) is 0 Å². The van der Waals surface area contributed by atoms with Gasteiger partial charge >= 0.3 is 0 Å². The monoisotopic (exact) mass is 275 g/mol. The number of carbonyl (C=O) groups excluding carboxylic acids is 1. The summed E-state index contributed by atoms with van der Waals surface area (Å²) >= 11 is 0. The molecule has 3 heterocycles. The van der Waals surface area contributed by atoms with Crippen LogP contribution in [0.5, 0.6) is 0 Å². The van der Waals surface area contributed by atoms with Crippen LogP contribution in [-0.4, -0.2) is 41.5 Å². The van der Waals surface area contributed by atoms with Crippen LogP contribution in [0.2, 0.25) is 0 Å². The Hall–Kier alpha value is -1.62. The molecule has 0 saturated carbocycles. The van der Waals surface area contributed by atoms with Gasteiger partial charge in [-0.2, -0.15) is 0 Å². The number of carbonyl (C=O) groups is 1. The summed E-state index contributed by atoms with van der Waals surface area (Å²) in [4.78, 5) is 28.9. The Morgan fingerprint density at radius 2 is 2.20 bits per heavy atom. The van der Waals surface area contributed by atoms with Crippen LogP contribution in [0, 0.1) is 5.92 Å². The first-order valence-corrected chi connectivity index (χ1v) is 7.45. The maximum absolute atomic E-state index is 12.5. The molecule has 5 nitrogen and oxygen atoms in total. The van der Waals surface area contributed by atoms with E-state index in [0.717, 1.165) is 26.1 Å². The lowest BCUT2D eigenvalue weighted by molar-refractivity contribution is 0.0649. The number of hydrogen-bond donors (Lipinski definition) is 2. The largest absolute Gasteiger partial charge is 0.367 e. The second-order valence-corrected chi connectivity index (χ2v) is 5.78. The second kappa shape index (κ2) is 5.79. The molecular weight excluding hydrogens is 254 g/mol. The lowest BCUT2D eigenvalue weighted by Gasteiger charge is -2.35. The number of rotatable bonds is 2. The number of aromatic nitrogens is 1. The molecule has 3 rings (SSSR count). The van der Waals surface area contributed by atoms with Crippen molar-refractivity contribution in [3.63, 3.8) is 0 Å². The number of piperidine rings is 1. The molecule has 1 aromatic heterocycles. The van der Waals surface area contributed by atoms with Gasteiger partial charge in [-0.05, 0) is 38.1 Å². The number of hydrogen-bond acceptors (Lipinski definition) is 3. The maximum Gasteiger partial charge on any atom is 0.259 e. The predicted octanol–water partition coefficient (Wildman–Crippen LogP) is 0.979. The minimum atomic E-state index is -0.199. The van der Waals surface area contributed by atoms with E-state index in [1.165, 1.54) is 31.5 Å². The first-order valence-electron chi connectivity index (χ1n) is 7.45. The molecule has 0 aromatic carbocycles. The zero-order valence-electron chi connectivity index (χ0n) is 11.6. The molecule has 2 unspecified atom stereocenters. The Morgan fingerprint density at radius 1 is 1.30 bits per heavy atom. The van der Waals surface area contributed by atoms with Crippen LogP contribution in [0.15, 0.2) is 23.3 Å². The van der Waals surface area contributed by atoms with Crippen molar-refractivity contribution in [1.29, 1.82) is 0 Å². The minimum absolute atomic E-state index is 0.130. The summed E-state index contributed by atoms with van der Waals surface area (Å²) in [6.45, 7) is 2.62. The van der Waals surface area contributed by atoms with Gasteiger partial charge in [0.05, 0.1) is 0 Å². The fourth-order valence-corrected chi connectivity index (χ4v) is 3.39. The van der Waals surface area contributed by atoms with E-state index in [4.69, 9.17) is 0 Å². The van der Waals surface area contributed by atoms with E-state index in [1.807, 2.05) is 4.90 Å². The second-order valence-electron chi connectivity index (χ2n) is 5.78. The third kappa shape index (κ3) is 2.63. The van der Waals surface area contributed by atoms with Gasteiger partial charge in [0.15, 0.2) is 5.43 Å². The molecule has 108 valence electrons. The molecule has 0 bridgehead atoms. The Bertz CT molecular complexity index is 534. The molecule has 5 heteroatoms. The summed E-state index contributed by atoms with van der Waals surface area (Å²) in [5, 5.41) is 3.53. The first-order chi connectivity index (χ1) is 9.75. The molecule has 2 atom stereocenters. The number of nitrogens with zero attached hydrogens (tertiary/aromatic N) is 1. The fourth-order valence-electron chi connectivity index (χ4n) is 3.39. The molecule has 0 radical (unpaired) electrons. The zero-order valence-corrected chi connectivity index (χ0v) is 11.6. The van der Waals surface area contributed by atoms with Crippen LogP contribution in [0.3, 0.4) is 0 Å². The third-order valence-corrected chi connectivity index (χ3v) is 4.47. The van der Waals surface area contributed by atoms with Crippen molar-refractivity contribution in [2.24, 2.45) is 5.92 Å². The Balaban J connectivity index is 1.72. The number of nitrogens with one attached hydrogen (secondary N) is 2. The number of aromatic amines is 1. The average molecular weight is 275 g/mol. The standard InChI is InChI=1S/C15H21N3O2/c19-14-5-7-16-9-12(14)15(20)18-8-2-3-11(10-18)13-4-1-6-17-13/h5,7,9,11,13,17H,1-4,6,8,10H2,(H,16,19). The van der Waals surface area contributed by atoms with Crippen LogP contribution < -0.4 is 10.7 Å². The van der Waals surface area contributed by atoms with Crippen LogP contribution >= 0.6 is 0 Å². The number of pyridine rings is 1. The summed E-state index contributed by atoms with van der Waals surface area (Å²) in [6, 6.07) is 1.95. The van der Waals surface area contributed by atoms with Gasteiger partial charge < -0.3 is 15.2 Å². The molecule has 1 aromatic rings. The number of likely N-dealkylation sites (tertiary alicyclic amines) is 1. The SMILES string of the molecule is O=C(c1c[nH]ccc1=O)N1CCCC(C2CCCN2)C1. The van der Waals surface area contributed by atoms with Gasteiger partial charge in [0.2, 0.25) is 0 Å². The highest BCUT2D eigenvalue weighted by Crippen LogP contribution is 2.25. The topological polar surface area (TPSA) is 65.2 Å². The van der Waals surface area contributed by atoms with E-state index >= 15 is 0 Å². The van der Waals surface area contributed by atoms with Gasteiger partial charge in [-0.3, -0.25) is 9.59 Å². The van der Waals surface area contributed by atoms with Crippen LogP contribution in [0.1, 0.15) is 36.0 Å². The van der Waals surface area contributed by atoms with E-state index in [9.17, 15) is 9.59 Å². The third-order valence-electron chi connectivity index (χ3n) is 4.47. The average Bonchev–Trinajstić information content (AvgIpc) is 3.01. The highest BCUT2D eigenvalue weighted by molar-refractivity contribution is 5.93. The van der Waals surface area contributed by atoms with Crippen molar-refractivity contribution in [2.45, 2.75) is 31.7 Å². The first kappa shape index (κ1) is 13.4. The van der Waals surface area contributed by atoms with Crippen molar-refractivity contribution >= 4 is 5.91 Å². The van der Waals surface area contributed by atoms with E-state index < -0.39 is 0 Å². The Labute approximate surface area is 118 Å².